The zero-order valence-electron chi connectivity index (χ0n) is 14.4. The van der Waals surface area contributed by atoms with E-state index in [1.807, 2.05) is 35.2 Å². The fourth-order valence-electron chi connectivity index (χ4n) is 2.84. The molecule has 0 aromatic heterocycles. The first-order chi connectivity index (χ1) is 11.6. The lowest BCUT2D eigenvalue weighted by atomic mass is 10.0. The van der Waals surface area contributed by atoms with Crippen molar-refractivity contribution in [3.8, 4) is 0 Å². The molecule has 0 bridgehead atoms. The van der Waals surface area contributed by atoms with E-state index in [1.54, 1.807) is 0 Å². The summed E-state index contributed by atoms with van der Waals surface area (Å²) < 4.78 is 0. The SMILES string of the molecule is CCCCN(C(=O)NC(CCC(=O)O)Cc1ccccc1)C1CC1. The Hall–Kier alpha value is -2.04. The number of carboxylic acid groups (broad SMARTS) is 1. The highest BCUT2D eigenvalue weighted by atomic mass is 16.4. The predicted molar refractivity (Wildman–Crippen MR) is 94.0 cm³/mol. The molecule has 5 nitrogen and oxygen atoms in total. The third-order valence-corrected chi connectivity index (χ3v) is 4.36. The summed E-state index contributed by atoms with van der Waals surface area (Å²) in [5.41, 5.74) is 1.11. The van der Waals surface area contributed by atoms with Crippen LogP contribution in [-0.2, 0) is 11.2 Å². The number of aliphatic carboxylic acids is 1. The number of nitrogens with zero attached hydrogens (tertiary/aromatic N) is 1. The minimum atomic E-state index is -0.827. The summed E-state index contributed by atoms with van der Waals surface area (Å²) in [7, 11) is 0. The fraction of sp³-hybridized carbons (Fsp3) is 0.579. The van der Waals surface area contributed by atoms with E-state index < -0.39 is 5.97 Å². The van der Waals surface area contributed by atoms with Gasteiger partial charge in [-0.2, -0.15) is 0 Å². The second-order valence-electron chi connectivity index (χ2n) is 6.55. The maximum Gasteiger partial charge on any atom is 0.317 e. The van der Waals surface area contributed by atoms with E-state index in [1.165, 1.54) is 0 Å². The highest BCUT2D eigenvalue weighted by Crippen LogP contribution is 2.27. The molecule has 0 saturated heterocycles. The van der Waals surface area contributed by atoms with Crippen LogP contribution in [0.25, 0.3) is 0 Å². The number of unbranched alkanes of at least 4 members (excludes halogenated alkanes) is 1. The fourth-order valence-corrected chi connectivity index (χ4v) is 2.84. The van der Waals surface area contributed by atoms with Crippen LogP contribution in [0.15, 0.2) is 30.3 Å². The number of benzene rings is 1. The maximum absolute atomic E-state index is 12.6. The zero-order valence-corrected chi connectivity index (χ0v) is 14.4. The van der Waals surface area contributed by atoms with E-state index in [0.29, 0.717) is 18.9 Å². The predicted octanol–water partition coefficient (Wildman–Crippen LogP) is 3.44. The number of carboxylic acids is 1. The monoisotopic (exact) mass is 332 g/mol. The van der Waals surface area contributed by atoms with Crippen molar-refractivity contribution >= 4 is 12.0 Å². The number of nitrogens with one attached hydrogen (secondary N) is 1. The molecule has 2 rings (SSSR count). The van der Waals surface area contributed by atoms with Gasteiger partial charge in [-0.05, 0) is 37.7 Å². The summed E-state index contributed by atoms with van der Waals surface area (Å²) in [5.74, 6) is -0.827. The van der Waals surface area contributed by atoms with Crippen LogP contribution >= 0.6 is 0 Å². The van der Waals surface area contributed by atoms with Gasteiger partial charge in [0.25, 0.3) is 0 Å². The van der Waals surface area contributed by atoms with Gasteiger partial charge >= 0.3 is 12.0 Å². The third kappa shape index (κ3) is 6.22. The second kappa shape index (κ2) is 9.30. The van der Waals surface area contributed by atoms with Gasteiger partial charge in [0, 0.05) is 25.0 Å². The van der Waals surface area contributed by atoms with Crippen molar-refractivity contribution in [2.24, 2.45) is 0 Å². The van der Waals surface area contributed by atoms with Gasteiger partial charge in [0.2, 0.25) is 0 Å². The standard InChI is InChI=1S/C19H28N2O3/c1-2-3-13-21(17-10-11-17)19(24)20-16(9-12-18(22)23)14-15-7-5-4-6-8-15/h4-8,16-17H,2-3,9-14H2,1H3,(H,20,24)(H,22,23). The second-order valence-corrected chi connectivity index (χ2v) is 6.55. The Kier molecular flexibility index (Phi) is 7.09. The minimum Gasteiger partial charge on any atom is -0.481 e. The van der Waals surface area contributed by atoms with Gasteiger partial charge in [-0.1, -0.05) is 43.7 Å². The van der Waals surface area contributed by atoms with Crippen molar-refractivity contribution in [1.82, 2.24) is 10.2 Å². The number of carbonyl (C=O) groups is 2. The average Bonchev–Trinajstić information content (AvgIpc) is 3.39. The first-order valence-corrected chi connectivity index (χ1v) is 8.93. The van der Waals surface area contributed by atoms with Gasteiger partial charge in [-0.25, -0.2) is 4.79 Å². The third-order valence-electron chi connectivity index (χ3n) is 4.36. The number of hydrogen-bond acceptors (Lipinski definition) is 2. The van der Waals surface area contributed by atoms with E-state index in [-0.39, 0.29) is 18.5 Å². The molecule has 5 heteroatoms. The van der Waals surface area contributed by atoms with Crippen LogP contribution in [0.3, 0.4) is 0 Å². The van der Waals surface area contributed by atoms with Crippen molar-refractivity contribution < 1.29 is 14.7 Å². The van der Waals surface area contributed by atoms with Crippen molar-refractivity contribution in [3.63, 3.8) is 0 Å². The Morgan fingerprint density at radius 1 is 1.29 bits per heavy atom. The maximum atomic E-state index is 12.6. The topological polar surface area (TPSA) is 69.6 Å². The molecule has 24 heavy (non-hydrogen) atoms. The highest BCUT2D eigenvalue weighted by Gasteiger charge is 2.32. The molecule has 1 aliphatic carbocycles. The highest BCUT2D eigenvalue weighted by molar-refractivity contribution is 5.75. The molecular weight excluding hydrogens is 304 g/mol. The van der Waals surface area contributed by atoms with Gasteiger partial charge < -0.3 is 15.3 Å². The van der Waals surface area contributed by atoms with Gasteiger partial charge in [0.05, 0.1) is 0 Å². The molecular formula is C19H28N2O3. The van der Waals surface area contributed by atoms with E-state index in [4.69, 9.17) is 5.11 Å². The van der Waals surface area contributed by atoms with Crippen molar-refractivity contribution in [2.45, 2.75) is 64.0 Å². The molecule has 0 aliphatic heterocycles. The quantitative estimate of drug-likeness (QED) is 0.689. The molecule has 1 aromatic carbocycles. The summed E-state index contributed by atoms with van der Waals surface area (Å²) in [6.07, 6.45) is 5.39. The Bertz CT molecular complexity index is 529. The normalized spacial score (nSPS) is 14.9. The summed E-state index contributed by atoms with van der Waals surface area (Å²) in [6.45, 7) is 2.90. The lowest BCUT2D eigenvalue weighted by Gasteiger charge is -2.26. The summed E-state index contributed by atoms with van der Waals surface area (Å²) >= 11 is 0. The number of rotatable bonds is 10. The molecule has 2 amide bonds. The molecule has 1 fully saturated rings. The zero-order chi connectivity index (χ0) is 17.4. The smallest absolute Gasteiger partial charge is 0.317 e. The molecule has 1 aliphatic rings. The molecule has 0 heterocycles. The molecule has 0 radical (unpaired) electrons. The van der Waals surface area contributed by atoms with Crippen LogP contribution in [0.5, 0.6) is 0 Å². The Morgan fingerprint density at radius 2 is 2.00 bits per heavy atom. The summed E-state index contributed by atoms with van der Waals surface area (Å²) in [4.78, 5) is 25.5. The van der Waals surface area contributed by atoms with Gasteiger partial charge in [0.1, 0.15) is 0 Å². The molecule has 2 N–H and O–H groups in total. The van der Waals surface area contributed by atoms with Gasteiger partial charge in [-0.3, -0.25) is 4.79 Å². The van der Waals surface area contributed by atoms with E-state index in [0.717, 1.165) is 37.8 Å². The Morgan fingerprint density at radius 3 is 2.58 bits per heavy atom. The van der Waals surface area contributed by atoms with E-state index >= 15 is 0 Å². The van der Waals surface area contributed by atoms with E-state index in [9.17, 15) is 9.59 Å². The summed E-state index contributed by atoms with van der Waals surface area (Å²) in [5, 5.41) is 12.0. The molecule has 1 atom stereocenters. The molecule has 132 valence electrons. The van der Waals surface area contributed by atoms with Crippen LogP contribution in [0.4, 0.5) is 4.79 Å². The average molecular weight is 332 g/mol. The molecule has 1 unspecified atom stereocenters. The first-order valence-electron chi connectivity index (χ1n) is 8.93. The van der Waals surface area contributed by atoms with E-state index in [2.05, 4.69) is 12.2 Å². The van der Waals surface area contributed by atoms with Gasteiger partial charge in [0.15, 0.2) is 0 Å². The van der Waals surface area contributed by atoms with Gasteiger partial charge in [-0.15, -0.1) is 0 Å². The van der Waals surface area contributed by atoms with Crippen molar-refractivity contribution in [2.75, 3.05) is 6.54 Å². The van der Waals surface area contributed by atoms with Crippen molar-refractivity contribution in [3.05, 3.63) is 35.9 Å². The molecule has 1 saturated carbocycles. The van der Waals surface area contributed by atoms with Crippen LogP contribution in [0, 0.1) is 0 Å². The summed E-state index contributed by atoms with van der Waals surface area (Å²) in [6, 6.07) is 10.1. The van der Waals surface area contributed by atoms with Crippen LogP contribution < -0.4 is 5.32 Å². The molecule has 1 aromatic rings. The lowest BCUT2D eigenvalue weighted by molar-refractivity contribution is -0.137. The largest absolute Gasteiger partial charge is 0.481 e. The minimum absolute atomic E-state index is 0.0442. The number of hydrogen-bond donors (Lipinski definition) is 2. The first kappa shape index (κ1) is 18.3. The number of carbonyl (C=O) groups excluding carboxylic acids is 1. The Balaban J connectivity index is 1.96. The van der Waals surface area contributed by atoms with Crippen LogP contribution in [0.2, 0.25) is 0 Å². The number of urea groups is 1. The van der Waals surface area contributed by atoms with Crippen LogP contribution in [0.1, 0.15) is 51.0 Å². The Labute approximate surface area is 144 Å². The van der Waals surface area contributed by atoms with Crippen molar-refractivity contribution in [1.29, 1.82) is 0 Å². The number of amides is 2. The van der Waals surface area contributed by atoms with Crippen LogP contribution in [-0.4, -0.2) is 40.6 Å². The lowest BCUT2D eigenvalue weighted by Crippen LogP contribution is -2.47. The molecule has 0 spiro atoms.